The number of carbonyl (C=O) groups is 3. The summed E-state index contributed by atoms with van der Waals surface area (Å²) >= 11 is 0. The van der Waals surface area contributed by atoms with Gasteiger partial charge in [-0.1, -0.05) is 79.7 Å². The largest absolute Gasteiger partial charge is 0.370 e. The van der Waals surface area contributed by atoms with Crippen LogP contribution in [0.1, 0.15) is 24.5 Å². The van der Waals surface area contributed by atoms with Gasteiger partial charge >= 0.3 is 0 Å². The van der Waals surface area contributed by atoms with Gasteiger partial charge in [0.2, 0.25) is 17.7 Å². The molecule has 3 amide bonds. The van der Waals surface area contributed by atoms with Crippen molar-refractivity contribution < 1.29 is 19.1 Å². The zero-order valence-electron chi connectivity index (χ0n) is 23.3. The molecule has 0 aliphatic carbocycles. The fourth-order valence-corrected chi connectivity index (χ4v) is 4.47. The average Bonchev–Trinajstić information content (AvgIpc) is 2.97. The molecule has 0 saturated carbocycles. The molecule has 0 saturated heterocycles. The summed E-state index contributed by atoms with van der Waals surface area (Å²) in [4.78, 5) is 43.0. The van der Waals surface area contributed by atoms with Crippen LogP contribution in [0.3, 0.4) is 0 Å². The highest BCUT2D eigenvalue weighted by Gasteiger charge is 2.35. The van der Waals surface area contributed by atoms with Crippen LogP contribution in [0, 0.1) is 0 Å². The Morgan fingerprint density at radius 1 is 0.846 bits per heavy atom. The van der Waals surface area contributed by atoms with E-state index in [1.807, 2.05) is 79.7 Å². The van der Waals surface area contributed by atoms with E-state index in [0.29, 0.717) is 6.42 Å². The van der Waals surface area contributed by atoms with Crippen LogP contribution in [0.25, 0.3) is 10.8 Å². The molecule has 1 unspecified atom stereocenters. The fraction of sp³-hybridized carbons (Fsp3) is 0.387. The Bertz CT molecular complexity index is 1250. The average molecular weight is 533 g/mol. The second-order valence-corrected chi connectivity index (χ2v) is 9.86. The quantitative estimate of drug-likeness (QED) is 0.352. The molecule has 0 fully saturated rings. The number of nitrogens with zero attached hydrogens (tertiary/aromatic N) is 2. The van der Waals surface area contributed by atoms with Crippen molar-refractivity contribution in [3.8, 4) is 0 Å². The maximum atomic E-state index is 14.0. The topological polar surface area (TPSA) is 105 Å². The maximum Gasteiger partial charge on any atom is 0.249 e. The summed E-state index contributed by atoms with van der Waals surface area (Å²) in [7, 11) is 4.78. The molecule has 3 N–H and O–H groups in total. The molecule has 0 radical (unpaired) electrons. The van der Waals surface area contributed by atoms with Crippen molar-refractivity contribution in [3.63, 3.8) is 0 Å². The molecule has 39 heavy (non-hydrogen) atoms. The summed E-state index contributed by atoms with van der Waals surface area (Å²) in [6.07, 6.45) is 1.37. The third-order valence-corrected chi connectivity index (χ3v) is 7.11. The molecule has 208 valence electrons. The first-order valence-electron chi connectivity index (χ1n) is 13.3. The van der Waals surface area contributed by atoms with Gasteiger partial charge in [-0.2, -0.15) is 0 Å². The van der Waals surface area contributed by atoms with Crippen molar-refractivity contribution in [1.82, 2.24) is 15.1 Å². The van der Waals surface area contributed by atoms with Gasteiger partial charge in [-0.15, -0.1) is 0 Å². The van der Waals surface area contributed by atoms with Crippen molar-refractivity contribution >= 4 is 28.5 Å². The van der Waals surface area contributed by atoms with Gasteiger partial charge in [0, 0.05) is 40.0 Å². The van der Waals surface area contributed by atoms with Gasteiger partial charge in [-0.25, -0.2) is 0 Å². The van der Waals surface area contributed by atoms with Crippen molar-refractivity contribution in [2.75, 3.05) is 34.4 Å². The van der Waals surface area contributed by atoms with Crippen molar-refractivity contribution in [2.45, 2.75) is 44.3 Å². The maximum absolute atomic E-state index is 14.0. The second-order valence-electron chi connectivity index (χ2n) is 9.86. The minimum absolute atomic E-state index is 0.157. The van der Waals surface area contributed by atoms with Crippen LogP contribution >= 0.6 is 0 Å². The molecule has 0 spiro atoms. The van der Waals surface area contributed by atoms with Crippen molar-refractivity contribution in [3.05, 3.63) is 83.9 Å². The Morgan fingerprint density at radius 2 is 1.49 bits per heavy atom. The zero-order valence-corrected chi connectivity index (χ0v) is 23.3. The number of hydrogen-bond donors (Lipinski definition) is 2. The fourth-order valence-electron chi connectivity index (χ4n) is 4.47. The number of nitrogens with two attached hydrogens (primary N) is 1. The molecule has 0 bridgehead atoms. The molecule has 8 heteroatoms. The number of nitrogens with one attached hydrogen (secondary N) is 1. The number of fused-ring (bicyclic) bond motifs is 1. The van der Waals surface area contributed by atoms with Gasteiger partial charge in [-0.05, 0) is 28.3 Å². The summed E-state index contributed by atoms with van der Waals surface area (Å²) in [6.45, 7) is 2.03. The summed E-state index contributed by atoms with van der Waals surface area (Å²) in [5.74, 6) is -0.927. The van der Waals surface area contributed by atoms with Crippen LogP contribution in [-0.2, 0) is 32.0 Å². The molecule has 0 aromatic heterocycles. The predicted molar refractivity (Wildman–Crippen MR) is 154 cm³/mol. The Kier molecular flexibility index (Phi) is 11.0. The molecule has 3 rings (SSSR count). The summed E-state index contributed by atoms with van der Waals surface area (Å²) in [5.41, 5.74) is 7.76. The molecule has 3 atom stereocenters. The third-order valence-electron chi connectivity index (χ3n) is 7.11. The van der Waals surface area contributed by atoms with Crippen LogP contribution in [0.2, 0.25) is 0 Å². The highest BCUT2D eigenvalue weighted by atomic mass is 16.5. The summed E-state index contributed by atoms with van der Waals surface area (Å²) < 4.78 is 5.54. The summed E-state index contributed by atoms with van der Waals surface area (Å²) in [6, 6.07) is 21.8. The Hall–Kier alpha value is -3.75. The number of carbonyl (C=O) groups excluding carboxylic acids is 3. The standard InChI is InChI=1S/C31H40N4O4/c1-5-26(32)20-39-21-29(36)34(3)28(19-23-15-16-24-13-9-10-14-25(24)17-23)31(38)35(4)27(30(37)33-2)18-22-11-7-6-8-12-22/h6-17,26-28H,5,18-21,32H2,1-4H3,(H,33,37)/t26?,27-,28-/m1/s1. The van der Waals surface area contributed by atoms with Gasteiger partial charge in [0.05, 0.1) is 6.61 Å². The van der Waals surface area contributed by atoms with Crippen LogP contribution < -0.4 is 11.1 Å². The zero-order chi connectivity index (χ0) is 28.4. The van der Waals surface area contributed by atoms with E-state index < -0.39 is 12.1 Å². The van der Waals surface area contributed by atoms with E-state index >= 15 is 0 Å². The smallest absolute Gasteiger partial charge is 0.249 e. The first-order valence-corrected chi connectivity index (χ1v) is 13.3. The molecular weight excluding hydrogens is 492 g/mol. The molecule has 0 aliphatic heterocycles. The van der Waals surface area contributed by atoms with Gasteiger partial charge in [0.15, 0.2) is 0 Å². The van der Waals surface area contributed by atoms with Crippen LogP contribution in [0.5, 0.6) is 0 Å². The summed E-state index contributed by atoms with van der Waals surface area (Å²) in [5, 5.41) is 4.82. The highest BCUT2D eigenvalue weighted by molar-refractivity contribution is 5.92. The lowest BCUT2D eigenvalue weighted by Crippen LogP contribution is -2.56. The first kappa shape index (κ1) is 29.8. The molecule has 0 aliphatic rings. The van der Waals surface area contributed by atoms with Gasteiger partial charge in [0.25, 0.3) is 0 Å². The second kappa shape index (κ2) is 14.4. The lowest BCUT2D eigenvalue weighted by Gasteiger charge is -2.34. The van der Waals surface area contributed by atoms with E-state index in [1.165, 1.54) is 9.80 Å². The van der Waals surface area contributed by atoms with Crippen LogP contribution in [0.15, 0.2) is 72.8 Å². The van der Waals surface area contributed by atoms with Crippen LogP contribution in [-0.4, -0.2) is 80.0 Å². The van der Waals surface area contributed by atoms with Crippen molar-refractivity contribution in [2.24, 2.45) is 5.73 Å². The van der Waals surface area contributed by atoms with E-state index in [-0.39, 0.29) is 43.4 Å². The van der Waals surface area contributed by atoms with Crippen molar-refractivity contribution in [1.29, 1.82) is 0 Å². The number of benzene rings is 3. The Morgan fingerprint density at radius 3 is 2.15 bits per heavy atom. The van der Waals surface area contributed by atoms with Gasteiger partial charge in [0.1, 0.15) is 18.7 Å². The SMILES string of the molecule is CCC(N)COCC(=O)N(C)[C@H](Cc1ccc2ccccc2c1)C(=O)N(C)[C@H](Cc1ccccc1)C(=O)NC. The predicted octanol–water partition coefficient (Wildman–Crippen LogP) is 2.78. The molecule has 0 heterocycles. The lowest BCUT2D eigenvalue weighted by molar-refractivity contribution is -0.149. The molecule has 3 aromatic carbocycles. The minimum atomic E-state index is -0.838. The van der Waals surface area contributed by atoms with E-state index in [9.17, 15) is 14.4 Å². The first-order chi connectivity index (χ1) is 18.7. The Labute approximate surface area is 231 Å². The molecule has 3 aromatic rings. The van der Waals surface area contributed by atoms with Gasteiger partial charge in [-0.3, -0.25) is 14.4 Å². The number of ether oxygens (including phenoxy) is 1. The monoisotopic (exact) mass is 532 g/mol. The number of rotatable bonds is 13. The third kappa shape index (κ3) is 8.12. The number of likely N-dealkylation sites (N-methyl/N-ethyl adjacent to an activating group) is 3. The number of hydrogen-bond acceptors (Lipinski definition) is 5. The molecular formula is C31H40N4O4. The Balaban J connectivity index is 1.88. The van der Waals surface area contributed by atoms with E-state index in [1.54, 1.807) is 21.1 Å². The van der Waals surface area contributed by atoms with Crippen LogP contribution in [0.4, 0.5) is 0 Å². The molecule has 8 nitrogen and oxygen atoms in total. The van der Waals surface area contributed by atoms with Gasteiger partial charge < -0.3 is 25.6 Å². The van der Waals surface area contributed by atoms with E-state index in [2.05, 4.69) is 5.32 Å². The highest BCUT2D eigenvalue weighted by Crippen LogP contribution is 2.20. The minimum Gasteiger partial charge on any atom is -0.370 e. The number of amides is 3. The lowest BCUT2D eigenvalue weighted by atomic mass is 9.98. The normalized spacial score (nSPS) is 13.4. The van der Waals surface area contributed by atoms with E-state index in [0.717, 1.165) is 28.3 Å². The van der Waals surface area contributed by atoms with E-state index in [4.69, 9.17) is 10.5 Å².